The Kier molecular flexibility index (Phi) is 37.4. The first-order valence-electron chi connectivity index (χ1n) is 21.1. The molecule has 51 heavy (non-hydrogen) atoms. The molecule has 0 saturated carbocycles. The molecule has 0 amide bonds. The number of hydrogen-bond acceptors (Lipinski definition) is 5. The van der Waals surface area contributed by atoms with Crippen molar-refractivity contribution in [3.63, 3.8) is 0 Å². The van der Waals surface area contributed by atoms with Gasteiger partial charge in [-0.05, 0) is 116 Å². The van der Waals surface area contributed by atoms with E-state index in [0.29, 0.717) is 25.4 Å². The molecule has 0 radical (unpaired) electrons. The Balaban J connectivity index is 0.00000108. The zero-order valence-corrected chi connectivity index (χ0v) is 33.8. The van der Waals surface area contributed by atoms with Gasteiger partial charge >= 0.3 is 11.9 Å². The molecule has 1 aliphatic rings. The highest BCUT2D eigenvalue weighted by atomic mass is 16.6. The van der Waals surface area contributed by atoms with Crippen molar-refractivity contribution in [2.45, 2.75) is 187 Å². The number of hydrogen-bond donors (Lipinski definition) is 1. The minimum absolute atomic E-state index is 0.0639. The van der Waals surface area contributed by atoms with Crippen LogP contribution >= 0.6 is 0 Å². The van der Waals surface area contributed by atoms with Gasteiger partial charge in [0.1, 0.15) is 6.61 Å². The van der Waals surface area contributed by atoms with Gasteiger partial charge in [0.05, 0.1) is 12.7 Å². The van der Waals surface area contributed by atoms with Gasteiger partial charge in [0.25, 0.3) is 0 Å². The van der Waals surface area contributed by atoms with Crippen molar-refractivity contribution in [2.24, 2.45) is 5.92 Å². The van der Waals surface area contributed by atoms with E-state index in [1.807, 2.05) is 0 Å². The summed E-state index contributed by atoms with van der Waals surface area (Å²) in [5.74, 6) is -0.130. The van der Waals surface area contributed by atoms with E-state index in [9.17, 15) is 9.59 Å². The molecule has 2 unspecified atom stereocenters. The molecule has 6 nitrogen and oxygen atoms in total. The fraction of sp³-hybridized carbons (Fsp3) is 0.778. The molecule has 0 aliphatic carbocycles. The van der Waals surface area contributed by atoms with Gasteiger partial charge in [-0.15, -0.1) is 0 Å². The van der Waals surface area contributed by atoms with Crippen LogP contribution < -0.4 is 0 Å². The van der Waals surface area contributed by atoms with Gasteiger partial charge in [0, 0.05) is 12.8 Å². The molecule has 0 bridgehead atoms. The molecular formula is C45H81NO5. The van der Waals surface area contributed by atoms with Crippen LogP contribution in [0.1, 0.15) is 181 Å². The largest absolute Gasteiger partial charge is 0.481 e. The second-order valence-corrected chi connectivity index (χ2v) is 14.7. The minimum Gasteiger partial charge on any atom is -0.481 e. The highest BCUT2D eigenvalue weighted by Gasteiger charge is 2.26. The number of ether oxygens (including phenoxy) is 2. The topological polar surface area (TPSA) is 76.1 Å². The average Bonchev–Trinajstić information content (AvgIpc) is 3.58. The maximum atomic E-state index is 11.9. The maximum Gasteiger partial charge on any atom is 0.305 e. The van der Waals surface area contributed by atoms with E-state index in [1.165, 1.54) is 96.3 Å². The van der Waals surface area contributed by atoms with E-state index in [1.54, 1.807) is 0 Å². The van der Waals surface area contributed by atoms with Crippen LogP contribution in [-0.2, 0) is 19.1 Å². The second kappa shape index (κ2) is 39.0. The van der Waals surface area contributed by atoms with Crippen LogP contribution in [0.3, 0.4) is 0 Å². The first kappa shape index (κ1) is 48.8. The van der Waals surface area contributed by atoms with Crippen LogP contribution in [0.5, 0.6) is 0 Å². The summed E-state index contributed by atoms with van der Waals surface area (Å²) in [6, 6.07) is 0. The van der Waals surface area contributed by atoms with Crippen LogP contribution in [0, 0.1) is 5.92 Å². The van der Waals surface area contributed by atoms with Crippen LogP contribution in [0.15, 0.2) is 48.6 Å². The number of allylic oxidation sites excluding steroid dienone is 8. The Bertz CT molecular complexity index is 893. The number of rotatable bonds is 33. The quantitative estimate of drug-likeness (QED) is 0.0414. The average molecular weight is 716 g/mol. The van der Waals surface area contributed by atoms with Gasteiger partial charge in [0.2, 0.25) is 0 Å². The van der Waals surface area contributed by atoms with Gasteiger partial charge in [-0.1, -0.05) is 127 Å². The standard InChI is InChI=1S/C27H49NO3.C18H32O2/c1-4-5-6-7-8-9-10-11-12-13-14-15-16-17-18-19-27(29)31-24-26-22-25(23-30-26)20-21-28(2)3;1-2-3-4-5-6-7-8-9-10-11-12-13-14-15-16-17-18(19)20/h8-9,11-12,25-26H,4-7,10,13-24H2,1-3H3;6-7,9-10H,2-5,8,11-17H2,1H3,(H,19,20)/b9-8-,12-11-;7-6-,10-9-. The Hall–Kier alpha value is -2.18. The molecule has 6 heteroatoms. The van der Waals surface area contributed by atoms with Crippen molar-refractivity contribution in [1.29, 1.82) is 0 Å². The Morgan fingerprint density at radius 2 is 1.10 bits per heavy atom. The summed E-state index contributed by atoms with van der Waals surface area (Å²) in [6.45, 7) is 6.81. The number of esters is 1. The predicted molar refractivity (Wildman–Crippen MR) is 218 cm³/mol. The molecule has 1 aliphatic heterocycles. The highest BCUT2D eigenvalue weighted by molar-refractivity contribution is 5.69. The monoisotopic (exact) mass is 716 g/mol. The van der Waals surface area contributed by atoms with E-state index in [0.717, 1.165) is 70.9 Å². The Morgan fingerprint density at radius 1 is 0.647 bits per heavy atom. The smallest absolute Gasteiger partial charge is 0.305 e. The van der Waals surface area contributed by atoms with Gasteiger partial charge in [-0.25, -0.2) is 0 Å². The molecule has 0 spiro atoms. The molecule has 0 aromatic heterocycles. The summed E-state index contributed by atoms with van der Waals surface area (Å²) < 4.78 is 11.2. The molecule has 296 valence electrons. The molecule has 1 N–H and O–H groups in total. The highest BCUT2D eigenvalue weighted by Crippen LogP contribution is 2.23. The molecule has 0 aromatic carbocycles. The van der Waals surface area contributed by atoms with Gasteiger partial charge < -0.3 is 19.5 Å². The fourth-order valence-electron chi connectivity index (χ4n) is 5.96. The zero-order valence-electron chi connectivity index (χ0n) is 33.8. The van der Waals surface area contributed by atoms with Crippen LogP contribution in [0.2, 0.25) is 0 Å². The summed E-state index contributed by atoms with van der Waals surface area (Å²) >= 11 is 0. The van der Waals surface area contributed by atoms with Gasteiger partial charge in [-0.3, -0.25) is 9.59 Å². The molecular weight excluding hydrogens is 634 g/mol. The maximum absolute atomic E-state index is 11.9. The predicted octanol–water partition coefficient (Wildman–Crippen LogP) is 12.6. The lowest BCUT2D eigenvalue weighted by molar-refractivity contribution is -0.147. The van der Waals surface area contributed by atoms with Gasteiger partial charge in [0.15, 0.2) is 0 Å². The second-order valence-electron chi connectivity index (χ2n) is 14.7. The number of unbranched alkanes of at least 4 members (excludes halogenated alkanes) is 16. The van der Waals surface area contributed by atoms with E-state index in [4.69, 9.17) is 14.6 Å². The lowest BCUT2D eigenvalue weighted by Crippen LogP contribution is -2.19. The zero-order chi connectivity index (χ0) is 37.5. The number of carboxylic acid groups (broad SMARTS) is 1. The third-order valence-electron chi connectivity index (χ3n) is 9.25. The molecule has 0 aromatic rings. The Morgan fingerprint density at radius 3 is 1.57 bits per heavy atom. The molecule has 2 atom stereocenters. The van der Waals surface area contributed by atoms with Crippen molar-refractivity contribution < 1.29 is 24.2 Å². The van der Waals surface area contributed by atoms with Crippen LogP contribution in [0.4, 0.5) is 0 Å². The third kappa shape index (κ3) is 38.9. The Labute approximate surface area is 315 Å². The number of carbonyl (C=O) groups is 2. The van der Waals surface area contributed by atoms with Crippen molar-refractivity contribution in [3.8, 4) is 0 Å². The summed E-state index contributed by atoms with van der Waals surface area (Å²) in [7, 11) is 4.20. The SMILES string of the molecule is CCCCC/C=C\C/C=C\CCCCCCCC(=O)O.CCCCC/C=C\C/C=C\CCCCCCCC(=O)OCC1CC(CCN(C)C)CO1. The number of nitrogens with zero attached hydrogens (tertiary/aromatic N) is 1. The first-order valence-corrected chi connectivity index (χ1v) is 21.1. The first-order chi connectivity index (χ1) is 24.9. The van der Waals surface area contributed by atoms with E-state index in [2.05, 4.69) is 81.5 Å². The number of carbonyl (C=O) groups excluding carboxylic acids is 1. The summed E-state index contributed by atoms with van der Waals surface area (Å²) in [5.41, 5.74) is 0. The summed E-state index contributed by atoms with van der Waals surface area (Å²) in [5, 5.41) is 8.50. The number of carboxylic acids is 1. The normalized spacial score (nSPS) is 16.3. The van der Waals surface area contributed by atoms with E-state index < -0.39 is 5.97 Å². The molecule has 1 fully saturated rings. The lowest BCUT2D eigenvalue weighted by atomic mass is 10.0. The van der Waals surface area contributed by atoms with Crippen molar-refractivity contribution in [1.82, 2.24) is 4.90 Å². The van der Waals surface area contributed by atoms with Crippen LogP contribution in [-0.4, -0.2) is 61.9 Å². The summed E-state index contributed by atoms with van der Waals surface area (Å²) in [4.78, 5) is 24.5. The van der Waals surface area contributed by atoms with Crippen LogP contribution in [0.25, 0.3) is 0 Å². The minimum atomic E-state index is -0.671. The molecule has 1 rings (SSSR count). The molecule has 1 heterocycles. The summed E-state index contributed by atoms with van der Waals surface area (Å²) in [6.07, 6.45) is 47.5. The molecule has 1 saturated heterocycles. The van der Waals surface area contributed by atoms with Crippen molar-refractivity contribution in [3.05, 3.63) is 48.6 Å². The van der Waals surface area contributed by atoms with Crippen molar-refractivity contribution in [2.75, 3.05) is 33.9 Å². The number of aliphatic carboxylic acids is 1. The van der Waals surface area contributed by atoms with E-state index >= 15 is 0 Å². The fourth-order valence-corrected chi connectivity index (χ4v) is 5.96. The lowest BCUT2D eigenvalue weighted by Gasteiger charge is -2.13. The third-order valence-corrected chi connectivity index (χ3v) is 9.25. The van der Waals surface area contributed by atoms with E-state index in [-0.39, 0.29) is 12.1 Å². The van der Waals surface area contributed by atoms with Crippen molar-refractivity contribution >= 4 is 11.9 Å². The van der Waals surface area contributed by atoms with Gasteiger partial charge in [-0.2, -0.15) is 0 Å².